The van der Waals surface area contributed by atoms with E-state index in [0.717, 1.165) is 29.4 Å². The first-order valence-corrected chi connectivity index (χ1v) is 13.4. The lowest BCUT2D eigenvalue weighted by Crippen LogP contribution is -2.48. The lowest BCUT2D eigenvalue weighted by molar-refractivity contribution is -0.137. The summed E-state index contributed by atoms with van der Waals surface area (Å²) in [5, 5.41) is 2.57. The van der Waals surface area contributed by atoms with Crippen LogP contribution in [0, 0.1) is 0 Å². The summed E-state index contributed by atoms with van der Waals surface area (Å²) in [6.07, 6.45) is -2.96. The first-order chi connectivity index (χ1) is 16.1. The molecule has 0 atom stereocenters. The minimum absolute atomic E-state index is 0.127. The zero-order valence-corrected chi connectivity index (χ0v) is 20.7. The van der Waals surface area contributed by atoms with Crippen LogP contribution >= 0.6 is 22.9 Å². The quantitative estimate of drug-likeness (QED) is 0.424. The third-order valence-electron chi connectivity index (χ3n) is 5.74. The van der Waals surface area contributed by atoms with Crippen LogP contribution in [-0.4, -0.2) is 43.9 Å². The van der Waals surface area contributed by atoms with Crippen molar-refractivity contribution >= 4 is 38.1 Å². The second kappa shape index (κ2) is 9.85. The second-order valence-electron chi connectivity index (χ2n) is 8.00. The molecule has 0 bridgehead atoms. The SMILES string of the molecule is CCc1ccc(Cc2csc(N3CCN(S(=O)(=O)c4cc(C(F)(F)F)ccc4Cl)CC3)n2)cc1. The van der Waals surface area contributed by atoms with Crippen LogP contribution in [0.3, 0.4) is 0 Å². The summed E-state index contributed by atoms with van der Waals surface area (Å²) < 4.78 is 66.5. The number of nitrogens with zero attached hydrogens (tertiary/aromatic N) is 3. The summed E-state index contributed by atoms with van der Waals surface area (Å²) >= 11 is 7.46. The standard InChI is InChI=1S/C23H23ClF3N3O2S2/c1-2-16-3-5-17(6-4-16)13-19-15-33-22(28-19)29-9-11-30(12-10-29)34(31,32)21-14-18(23(25,26)27)7-8-20(21)24/h3-8,14-15H,2,9-13H2,1H3. The van der Waals surface area contributed by atoms with Crippen LogP contribution in [0.25, 0.3) is 0 Å². The van der Waals surface area contributed by atoms with Crippen LogP contribution in [0.4, 0.5) is 18.3 Å². The molecule has 1 aliphatic rings. The number of thiazole rings is 1. The molecule has 2 heterocycles. The zero-order valence-electron chi connectivity index (χ0n) is 18.3. The highest BCUT2D eigenvalue weighted by molar-refractivity contribution is 7.89. The molecular formula is C23H23ClF3N3O2S2. The van der Waals surface area contributed by atoms with Crippen LogP contribution in [0.1, 0.15) is 29.3 Å². The summed E-state index contributed by atoms with van der Waals surface area (Å²) in [7, 11) is -4.16. The third kappa shape index (κ3) is 5.40. The van der Waals surface area contributed by atoms with Gasteiger partial charge in [-0.3, -0.25) is 0 Å². The van der Waals surface area contributed by atoms with Gasteiger partial charge in [-0.25, -0.2) is 13.4 Å². The number of hydrogen-bond acceptors (Lipinski definition) is 5. The number of anilines is 1. The van der Waals surface area contributed by atoms with Crippen molar-refractivity contribution in [2.75, 3.05) is 31.1 Å². The Morgan fingerprint density at radius 2 is 1.68 bits per heavy atom. The largest absolute Gasteiger partial charge is 0.416 e. The number of halogens is 4. The number of sulfonamides is 1. The molecule has 0 unspecified atom stereocenters. The topological polar surface area (TPSA) is 53.5 Å². The Morgan fingerprint density at radius 1 is 1.03 bits per heavy atom. The van der Waals surface area contributed by atoms with Crippen molar-refractivity contribution in [3.05, 3.63) is 75.3 Å². The molecule has 34 heavy (non-hydrogen) atoms. The van der Waals surface area contributed by atoms with E-state index in [1.807, 2.05) is 10.3 Å². The molecule has 1 aromatic heterocycles. The molecule has 3 aromatic rings. The van der Waals surface area contributed by atoms with Gasteiger partial charge in [-0.15, -0.1) is 11.3 Å². The lowest BCUT2D eigenvalue weighted by atomic mass is 10.1. The van der Waals surface area contributed by atoms with Gasteiger partial charge in [-0.1, -0.05) is 42.8 Å². The van der Waals surface area contributed by atoms with Gasteiger partial charge in [0.15, 0.2) is 5.13 Å². The first-order valence-electron chi connectivity index (χ1n) is 10.7. The van der Waals surface area contributed by atoms with Gasteiger partial charge in [0.1, 0.15) is 4.90 Å². The van der Waals surface area contributed by atoms with E-state index in [1.165, 1.54) is 26.8 Å². The van der Waals surface area contributed by atoms with E-state index >= 15 is 0 Å². The number of piperazine rings is 1. The number of rotatable bonds is 6. The van der Waals surface area contributed by atoms with Crippen LogP contribution in [0.2, 0.25) is 5.02 Å². The second-order valence-corrected chi connectivity index (χ2v) is 11.2. The molecule has 0 amide bonds. The predicted octanol–water partition coefficient (Wildman–Crippen LogP) is 5.48. The number of alkyl halides is 3. The van der Waals surface area contributed by atoms with E-state index in [0.29, 0.717) is 25.6 Å². The molecule has 0 N–H and O–H groups in total. The Balaban J connectivity index is 1.42. The molecule has 5 nitrogen and oxygen atoms in total. The lowest BCUT2D eigenvalue weighted by Gasteiger charge is -2.34. The Kier molecular flexibility index (Phi) is 7.23. The average Bonchev–Trinajstić information content (AvgIpc) is 3.27. The zero-order chi connectivity index (χ0) is 24.5. The summed E-state index contributed by atoms with van der Waals surface area (Å²) in [6.45, 7) is 3.13. The van der Waals surface area contributed by atoms with Gasteiger partial charge in [0.2, 0.25) is 10.0 Å². The first kappa shape index (κ1) is 25.0. The minimum atomic E-state index is -4.66. The van der Waals surface area contributed by atoms with Gasteiger partial charge < -0.3 is 4.90 Å². The highest BCUT2D eigenvalue weighted by Gasteiger charge is 2.35. The monoisotopic (exact) mass is 529 g/mol. The van der Waals surface area contributed by atoms with Gasteiger partial charge in [-0.2, -0.15) is 17.5 Å². The normalized spacial score (nSPS) is 15.6. The van der Waals surface area contributed by atoms with Gasteiger partial charge in [0.25, 0.3) is 0 Å². The molecule has 182 valence electrons. The molecule has 0 saturated carbocycles. The van der Waals surface area contributed by atoms with Gasteiger partial charge in [0, 0.05) is 38.0 Å². The molecule has 0 radical (unpaired) electrons. The van der Waals surface area contributed by atoms with Crippen molar-refractivity contribution in [1.82, 2.24) is 9.29 Å². The fourth-order valence-corrected chi connectivity index (χ4v) is 6.56. The summed E-state index contributed by atoms with van der Waals surface area (Å²) in [5.74, 6) is 0. The fraction of sp³-hybridized carbons (Fsp3) is 0.348. The van der Waals surface area contributed by atoms with Crippen molar-refractivity contribution in [1.29, 1.82) is 0 Å². The van der Waals surface area contributed by atoms with Crippen LogP contribution < -0.4 is 4.90 Å². The maximum absolute atomic E-state index is 13.1. The Labute approximate surface area is 205 Å². The number of hydrogen-bond donors (Lipinski definition) is 0. The summed E-state index contributed by atoms with van der Waals surface area (Å²) in [5.41, 5.74) is 2.34. The Bertz CT molecular complexity index is 1250. The maximum atomic E-state index is 13.1. The smallest absolute Gasteiger partial charge is 0.345 e. The number of aryl methyl sites for hydroxylation is 1. The molecule has 11 heteroatoms. The average molecular weight is 530 g/mol. The number of benzene rings is 2. The van der Waals surface area contributed by atoms with Crippen LogP contribution in [0.15, 0.2) is 52.7 Å². The van der Waals surface area contributed by atoms with E-state index in [9.17, 15) is 21.6 Å². The molecule has 1 saturated heterocycles. The molecular weight excluding hydrogens is 507 g/mol. The molecule has 0 spiro atoms. The summed E-state index contributed by atoms with van der Waals surface area (Å²) in [6, 6.07) is 10.8. The maximum Gasteiger partial charge on any atom is 0.416 e. The molecule has 1 fully saturated rings. The predicted molar refractivity (Wildman–Crippen MR) is 128 cm³/mol. The van der Waals surface area contributed by atoms with Gasteiger partial charge in [0.05, 0.1) is 16.3 Å². The van der Waals surface area contributed by atoms with Crippen molar-refractivity contribution in [2.45, 2.75) is 30.8 Å². The summed E-state index contributed by atoms with van der Waals surface area (Å²) in [4.78, 5) is 6.17. The third-order valence-corrected chi connectivity index (χ3v) is 9.07. The van der Waals surface area contributed by atoms with Crippen molar-refractivity contribution in [3.8, 4) is 0 Å². The highest BCUT2D eigenvalue weighted by atomic mass is 35.5. The number of aromatic nitrogens is 1. The van der Waals surface area contributed by atoms with E-state index < -0.39 is 26.7 Å². The van der Waals surface area contributed by atoms with E-state index in [4.69, 9.17) is 16.6 Å². The Hall–Kier alpha value is -2.14. The van der Waals surface area contributed by atoms with Crippen molar-refractivity contribution in [2.24, 2.45) is 0 Å². The fourth-order valence-electron chi connectivity index (χ4n) is 3.76. The minimum Gasteiger partial charge on any atom is -0.345 e. The van der Waals surface area contributed by atoms with Gasteiger partial charge >= 0.3 is 6.18 Å². The van der Waals surface area contributed by atoms with Crippen LogP contribution in [0.5, 0.6) is 0 Å². The van der Waals surface area contributed by atoms with E-state index in [1.54, 1.807) is 0 Å². The van der Waals surface area contributed by atoms with Crippen LogP contribution in [-0.2, 0) is 29.0 Å². The molecule has 1 aliphatic heterocycles. The van der Waals surface area contributed by atoms with Crippen molar-refractivity contribution in [3.63, 3.8) is 0 Å². The van der Waals surface area contributed by atoms with Gasteiger partial charge in [-0.05, 0) is 35.7 Å². The van der Waals surface area contributed by atoms with Crippen molar-refractivity contribution < 1.29 is 21.6 Å². The van der Waals surface area contributed by atoms with E-state index in [2.05, 4.69) is 31.2 Å². The molecule has 0 aliphatic carbocycles. The van der Waals surface area contributed by atoms with E-state index in [-0.39, 0.29) is 18.1 Å². The Morgan fingerprint density at radius 3 is 2.29 bits per heavy atom. The molecule has 2 aromatic carbocycles. The molecule has 4 rings (SSSR count). The highest BCUT2D eigenvalue weighted by Crippen LogP contribution is 2.35.